The number of esters is 1. The highest BCUT2D eigenvalue weighted by molar-refractivity contribution is 6.75. The fraction of sp³-hybridized carbons (Fsp3) is 0.889. The van der Waals surface area contributed by atoms with Crippen molar-refractivity contribution in [2.24, 2.45) is 0 Å². The van der Waals surface area contributed by atoms with Gasteiger partial charge < -0.3 is 14.2 Å². The molecule has 0 aliphatic rings. The summed E-state index contributed by atoms with van der Waals surface area (Å²) in [4.78, 5) is 11.4. The molecule has 0 aromatic heterocycles. The molecule has 0 saturated heterocycles. The molecule has 7 heteroatoms. The molecule has 0 aliphatic heterocycles. The van der Waals surface area contributed by atoms with Crippen LogP contribution < -0.4 is 0 Å². The zero-order valence-electron chi connectivity index (χ0n) is 9.77. The maximum Gasteiger partial charge on any atom is 0.359 e. The van der Waals surface area contributed by atoms with Crippen LogP contribution in [-0.4, -0.2) is 35.4 Å². The lowest BCUT2D eigenvalue weighted by Gasteiger charge is -2.41. The summed E-state index contributed by atoms with van der Waals surface area (Å²) in [6, 6.07) is 0. The molecule has 0 fully saturated rings. The molecule has 16 heavy (non-hydrogen) atoms. The molecule has 0 unspecified atom stereocenters. The Balaban J connectivity index is 4.88. The summed E-state index contributed by atoms with van der Waals surface area (Å²) in [6.45, 7) is 4.79. The molecule has 0 spiro atoms. The van der Waals surface area contributed by atoms with Crippen LogP contribution in [0.3, 0.4) is 0 Å². The average Bonchev–Trinajstić information content (AvgIpc) is 2.14. The first-order chi connectivity index (χ1) is 7.00. The molecule has 0 aromatic carbocycles. The molecule has 0 radical (unpaired) electrons. The number of carbonyl (C=O) groups is 1. The number of carbonyl (C=O) groups excluding carboxylic acids is 1. The number of ether oxygens (including phenoxy) is 3. The Morgan fingerprint density at radius 3 is 1.62 bits per heavy atom. The van der Waals surface area contributed by atoms with Crippen LogP contribution in [0.15, 0.2) is 0 Å². The Labute approximate surface area is 110 Å². The maximum absolute atomic E-state index is 11.4. The molecule has 96 valence electrons. The monoisotopic (exact) mass is 292 g/mol. The SMILES string of the molecule is COC(C)(OC)C(C)(C)OC(=O)C(Cl)(Cl)Cl. The van der Waals surface area contributed by atoms with Gasteiger partial charge in [-0.2, -0.15) is 0 Å². The van der Waals surface area contributed by atoms with E-state index in [1.165, 1.54) is 14.2 Å². The Kier molecular flexibility index (Phi) is 5.36. The van der Waals surface area contributed by atoms with E-state index >= 15 is 0 Å². The van der Waals surface area contributed by atoms with Crippen molar-refractivity contribution in [3.8, 4) is 0 Å². The van der Waals surface area contributed by atoms with E-state index in [4.69, 9.17) is 49.0 Å². The second kappa shape index (κ2) is 5.27. The number of methoxy groups -OCH3 is 2. The van der Waals surface area contributed by atoms with Gasteiger partial charge in [0.05, 0.1) is 0 Å². The van der Waals surface area contributed by atoms with E-state index in [2.05, 4.69) is 0 Å². The molecule has 4 nitrogen and oxygen atoms in total. The van der Waals surface area contributed by atoms with Crippen LogP contribution in [0.1, 0.15) is 20.8 Å². The summed E-state index contributed by atoms with van der Waals surface area (Å²) >= 11 is 16.2. The molecule has 0 rings (SSSR count). The molecule has 0 bridgehead atoms. The zero-order valence-corrected chi connectivity index (χ0v) is 12.0. The van der Waals surface area contributed by atoms with Crippen molar-refractivity contribution >= 4 is 40.8 Å². The van der Waals surface area contributed by atoms with Crippen LogP contribution in [0.2, 0.25) is 0 Å². The summed E-state index contributed by atoms with van der Waals surface area (Å²) in [5, 5.41) is 0. The summed E-state index contributed by atoms with van der Waals surface area (Å²) < 4.78 is 13.2. The predicted octanol–water partition coefficient (Wildman–Crippen LogP) is 2.69. The van der Waals surface area contributed by atoms with E-state index in [0.717, 1.165) is 0 Å². The minimum atomic E-state index is -2.13. The van der Waals surface area contributed by atoms with Crippen LogP contribution in [-0.2, 0) is 19.0 Å². The molecule has 0 atom stereocenters. The Bertz CT molecular complexity index is 256. The fourth-order valence-corrected chi connectivity index (χ4v) is 1.07. The van der Waals surface area contributed by atoms with Gasteiger partial charge in [-0.3, -0.25) is 0 Å². The van der Waals surface area contributed by atoms with Gasteiger partial charge in [0.15, 0.2) is 5.60 Å². The van der Waals surface area contributed by atoms with Gasteiger partial charge in [-0.05, 0) is 20.8 Å². The third kappa shape index (κ3) is 3.64. The normalized spacial score (nSPS) is 13.8. The zero-order chi connectivity index (χ0) is 13.2. The number of hydrogen-bond donors (Lipinski definition) is 0. The molecule has 0 saturated carbocycles. The van der Waals surface area contributed by atoms with Gasteiger partial charge in [0.2, 0.25) is 5.79 Å². The maximum atomic E-state index is 11.4. The van der Waals surface area contributed by atoms with Crippen LogP contribution in [0, 0.1) is 0 Å². The second-order valence-electron chi connectivity index (χ2n) is 3.75. The van der Waals surface area contributed by atoms with E-state index in [1.807, 2.05) is 0 Å². The average molecular weight is 294 g/mol. The second-order valence-corrected chi connectivity index (χ2v) is 6.03. The highest BCUT2D eigenvalue weighted by Crippen LogP contribution is 2.34. The van der Waals surface area contributed by atoms with Crippen molar-refractivity contribution in [3.63, 3.8) is 0 Å². The van der Waals surface area contributed by atoms with Crippen molar-refractivity contribution in [2.45, 2.75) is 36.0 Å². The largest absolute Gasteiger partial charge is 0.451 e. The van der Waals surface area contributed by atoms with Gasteiger partial charge in [-0.25, -0.2) is 4.79 Å². The molecular weight excluding hydrogens is 278 g/mol. The molecule has 0 N–H and O–H groups in total. The lowest BCUT2D eigenvalue weighted by molar-refractivity contribution is -0.285. The fourth-order valence-electron chi connectivity index (χ4n) is 0.957. The van der Waals surface area contributed by atoms with Crippen molar-refractivity contribution in [1.29, 1.82) is 0 Å². The van der Waals surface area contributed by atoms with E-state index in [1.54, 1.807) is 20.8 Å². The minimum Gasteiger partial charge on any atom is -0.451 e. The summed E-state index contributed by atoms with van der Waals surface area (Å²) in [7, 11) is 2.85. The van der Waals surface area contributed by atoms with E-state index < -0.39 is 21.2 Å². The number of rotatable bonds is 4. The summed E-state index contributed by atoms with van der Waals surface area (Å²) in [5.74, 6) is -2.12. The molecule has 0 aromatic rings. The van der Waals surface area contributed by atoms with Crippen LogP contribution >= 0.6 is 34.8 Å². The first kappa shape index (κ1) is 16.3. The number of alkyl halides is 3. The van der Waals surface area contributed by atoms with Gasteiger partial charge in [-0.1, -0.05) is 34.8 Å². The van der Waals surface area contributed by atoms with Crippen molar-refractivity contribution in [3.05, 3.63) is 0 Å². The van der Waals surface area contributed by atoms with Crippen molar-refractivity contribution in [2.75, 3.05) is 14.2 Å². The quantitative estimate of drug-likeness (QED) is 0.454. The van der Waals surface area contributed by atoms with Crippen LogP contribution in [0.4, 0.5) is 0 Å². The van der Waals surface area contributed by atoms with Crippen molar-refractivity contribution in [1.82, 2.24) is 0 Å². The lowest BCUT2D eigenvalue weighted by Crippen LogP contribution is -2.54. The van der Waals surface area contributed by atoms with Crippen molar-refractivity contribution < 1.29 is 19.0 Å². The van der Waals surface area contributed by atoms with E-state index in [0.29, 0.717) is 0 Å². The Morgan fingerprint density at radius 2 is 1.38 bits per heavy atom. The standard InChI is InChI=1S/C9H15Cl3O4/c1-7(2,8(3,14-4)15-5)16-6(13)9(10,11)12/h1-5H3. The highest BCUT2D eigenvalue weighted by atomic mass is 35.6. The van der Waals surface area contributed by atoms with Gasteiger partial charge in [0, 0.05) is 14.2 Å². The molecular formula is C9H15Cl3O4. The first-order valence-electron chi connectivity index (χ1n) is 4.40. The lowest BCUT2D eigenvalue weighted by atomic mass is 9.98. The van der Waals surface area contributed by atoms with E-state index in [9.17, 15) is 4.79 Å². The van der Waals surface area contributed by atoms with Gasteiger partial charge in [0.1, 0.15) is 0 Å². The Morgan fingerprint density at radius 1 is 1.00 bits per heavy atom. The smallest absolute Gasteiger partial charge is 0.359 e. The highest BCUT2D eigenvalue weighted by Gasteiger charge is 2.48. The third-order valence-electron chi connectivity index (χ3n) is 2.45. The summed E-state index contributed by atoms with van der Waals surface area (Å²) in [6.07, 6.45) is 0. The number of hydrogen-bond acceptors (Lipinski definition) is 4. The third-order valence-corrected chi connectivity index (χ3v) is 2.91. The van der Waals surface area contributed by atoms with E-state index in [-0.39, 0.29) is 0 Å². The number of halogens is 3. The summed E-state index contributed by atoms with van der Waals surface area (Å²) in [5.41, 5.74) is -1.11. The topological polar surface area (TPSA) is 44.8 Å². The first-order valence-corrected chi connectivity index (χ1v) is 5.54. The molecule has 0 amide bonds. The Hall–Kier alpha value is 0.260. The molecule has 0 aliphatic carbocycles. The van der Waals surface area contributed by atoms with Gasteiger partial charge in [-0.15, -0.1) is 0 Å². The van der Waals surface area contributed by atoms with Gasteiger partial charge in [0.25, 0.3) is 3.79 Å². The predicted molar refractivity (Wildman–Crippen MR) is 62.9 cm³/mol. The van der Waals surface area contributed by atoms with Gasteiger partial charge >= 0.3 is 5.97 Å². The van der Waals surface area contributed by atoms with Crippen LogP contribution in [0.5, 0.6) is 0 Å². The van der Waals surface area contributed by atoms with Crippen LogP contribution in [0.25, 0.3) is 0 Å². The minimum absolute atomic E-state index is 0.983. The molecule has 0 heterocycles.